The van der Waals surface area contributed by atoms with Crippen molar-refractivity contribution in [2.24, 2.45) is 0 Å². The fourth-order valence-electron chi connectivity index (χ4n) is 3.34. The third-order valence-corrected chi connectivity index (χ3v) is 4.69. The maximum atomic E-state index is 14.3. The van der Waals surface area contributed by atoms with E-state index in [-0.39, 0.29) is 23.7 Å². The Morgan fingerprint density at radius 3 is 2.32 bits per heavy atom. The smallest absolute Gasteiger partial charge is 0.271 e. The van der Waals surface area contributed by atoms with E-state index in [0.717, 1.165) is 12.1 Å². The van der Waals surface area contributed by atoms with Gasteiger partial charge in [-0.25, -0.2) is 8.78 Å². The highest BCUT2D eigenvalue weighted by Gasteiger charge is 2.44. The van der Waals surface area contributed by atoms with E-state index in [1.165, 1.54) is 17.0 Å². The molecule has 0 radical (unpaired) electrons. The minimum absolute atomic E-state index is 0.119. The lowest BCUT2D eigenvalue weighted by molar-refractivity contribution is -0.384. The van der Waals surface area contributed by atoms with Crippen LogP contribution in [0.1, 0.15) is 38.8 Å². The maximum absolute atomic E-state index is 14.3. The van der Waals surface area contributed by atoms with E-state index in [1.54, 1.807) is 33.8 Å². The number of rotatable bonds is 5. The van der Waals surface area contributed by atoms with Gasteiger partial charge in [-0.1, -0.05) is 0 Å². The van der Waals surface area contributed by atoms with Crippen LogP contribution in [0.15, 0.2) is 30.3 Å². The van der Waals surface area contributed by atoms with Crippen molar-refractivity contribution in [1.82, 2.24) is 0 Å². The molecule has 3 rings (SSSR count). The number of carbonyl (C=O) groups is 1. The highest BCUT2D eigenvalue weighted by atomic mass is 19.1. The molecule has 0 spiro atoms. The number of benzene rings is 2. The summed E-state index contributed by atoms with van der Waals surface area (Å²) in [5.41, 5.74) is 0.153. The minimum Gasteiger partial charge on any atom is -0.485 e. The highest BCUT2D eigenvalue weighted by molar-refractivity contribution is 6.07. The molecule has 2 aromatic carbocycles. The van der Waals surface area contributed by atoms with Crippen LogP contribution in [0.2, 0.25) is 0 Å². The molecule has 0 unspecified atom stereocenters. The standard InChI is InChI=1S/C20H20F2N2O4/c1-11(2)28-18-15(21)7-12(8-16(18)22)10-23-17-9-13(24(26)27)5-6-14(17)20(3,4)19(23)25/h5-9,11H,10H2,1-4H3. The Morgan fingerprint density at radius 1 is 1.18 bits per heavy atom. The number of anilines is 1. The van der Waals surface area contributed by atoms with Gasteiger partial charge in [-0.05, 0) is 57.0 Å². The molecule has 2 aromatic rings. The first-order chi connectivity index (χ1) is 13.0. The van der Waals surface area contributed by atoms with Gasteiger partial charge in [0.25, 0.3) is 5.69 Å². The molecule has 1 heterocycles. The molecular formula is C20H20F2N2O4. The van der Waals surface area contributed by atoms with Crippen molar-refractivity contribution in [1.29, 1.82) is 0 Å². The fourth-order valence-corrected chi connectivity index (χ4v) is 3.34. The van der Waals surface area contributed by atoms with Crippen LogP contribution in [-0.4, -0.2) is 16.9 Å². The van der Waals surface area contributed by atoms with Crippen molar-refractivity contribution in [3.05, 3.63) is 63.2 Å². The van der Waals surface area contributed by atoms with E-state index in [4.69, 9.17) is 4.74 Å². The Hall–Kier alpha value is -3.03. The van der Waals surface area contributed by atoms with Crippen molar-refractivity contribution in [3.63, 3.8) is 0 Å². The van der Waals surface area contributed by atoms with Crippen molar-refractivity contribution < 1.29 is 23.2 Å². The third kappa shape index (κ3) is 3.30. The Morgan fingerprint density at radius 2 is 1.79 bits per heavy atom. The van der Waals surface area contributed by atoms with Crippen LogP contribution >= 0.6 is 0 Å². The lowest BCUT2D eigenvalue weighted by Crippen LogP contribution is -2.35. The number of amides is 1. The number of ether oxygens (including phenoxy) is 1. The van der Waals surface area contributed by atoms with Gasteiger partial charge in [0, 0.05) is 12.1 Å². The van der Waals surface area contributed by atoms with Crippen molar-refractivity contribution in [2.75, 3.05) is 4.90 Å². The Kier molecular flexibility index (Phi) is 4.82. The molecule has 6 nitrogen and oxygen atoms in total. The van der Waals surface area contributed by atoms with E-state index < -0.39 is 33.8 Å². The molecule has 1 amide bonds. The molecule has 1 aliphatic heterocycles. The molecule has 28 heavy (non-hydrogen) atoms. The van der Waals surface area contributed by atoms with Crippen LogP contribution in [-0.2, 0) is 16.8 Å². The second-order valence-corrected chi connectivity index (χ2v) is 7.53. The SMILES string of the molecule is CC(C)Oc1c(F)cc(CN2C(=O)C(C)(C)c3ccc([N+](=O)[O-])cc32)cc1F. The van der Waals surface area contributed by atoms with Gasteiger partial charge in [0.1, 0.15) is 0 Å². The van der Waals surface area contributed by atoms with Crippen molar-refractivity contribution in [2.45, 2.75) is 45.8 Å². The number of carbonyl (C=O) groups excluding carboxylic acids is 1. The Labute approximate surface area is 160 Å². The number of hydrogen-bond donors (Lipinski definition) is 0. The Balaban J connectivity index is 2.01. The summed E-state index contributed by atoms with van der Waals surface area (Å²) < 4.78 is 33.8. The molecular weight excluding hydrogens is 370 g/mol. The molecule has 0 atom stereocenters. The predicted octanol–water partition coefficient (Wildman–Crippen LogP) is 4.48. The molecule has 1 aliphatic rings. The predicted molar refractivity (Wildman–Crippen MR) is 99.4 cm³/mol. The number of non-ortho nitro benzene ring substituents is 1. The third-order valence-electron chi connectivity index (χ3n) is 4.69. The largest absolute Gasteiger partial charge is 0.485 e. The number of fused-ring (bicyclic) bond motifs is 1. The highest BCUT2D eigenvalue weighted by Crippen LogP contribution is 2.44. The molecule has 0 N–H and O–H groups in total. The number of nitrogens with zero attached hydrogens (tertiary/aromatic N) is 2. The zero-order valence-corrected chi connectivity index (χ0v) is 16.0. The first kappa shape index (κ1) is 19.7. The monoisotopic (exact) mass is 390 g/mol. The van der Waals surface area contributed by atoms with Gasteiger partial charge < -0.3 is 9.64 Å². The zero-order valence-electron chi connectivity index (χ0n) is 16.0. The van der Waals surface area contributed by atoms with Gasteiger partial charge in [-0.3, -0.25) is 14.9 Å². The Bertz CT molecular complexity index is 950. The number of halogens is 2. The molecule has 0 saturated heterocycles. The van der Waals surface area contributed by atoms with Gasteiger partial charge in [-0.15, -0.1) is 0 Å². The maximum Gasteiger partial charge on any atom is 0.271 e. The summed E-state index contributed by atoms with van der Waals surface area (Å²) in [4.78, 5) is 24.8. The molecule has 0 saturated carbocycles. The second kappa shape index (κ2) is 6.85. The van der Waals surface area contributed by atoms with Crippen molar-refractivity contribution >= 4 is 17.3 Å². The summed E-state index contributed by atoms with van der Waals surface area (Å²) in [7, 11) is 0. The summed E-state index contributed by atoms with van der Waals surface area (Å²) in [6.07, 6.45) is -0.400. The van der Waals surface area contributed by atoms with Crippen LogP contribution in [0.4, 0.5) is 20.2 Å². The van der Waals surface area contributed by atoms with Gasteiger partial charge in [0.2, 0.25) is 5.91 Å². The molecule has 0 bridgehead atoms. The normalized spacial score (nSPS) is 15.1. The van der Waals surface area contributed by atoms with Gasteiger partial charge in [0.05, 0.1) is 28.7 Å². The topological polar surface area (TPSA) is 72.7 Å². The van der Waals surface area contributed by atoms with Crippen LogP contribution in [0.25, 0.3) is 0 Å². The molecule has 148 valence electrons. The fraction of sp³-hybridized carbons (Fsp3) is 0.350. The van der Waals surface area contributed by atoms with Crippen LogP contribution in [0.5, 0.6) is 5.75 Å². The van der Waals surface area contributed by atoms with E-state index in [0.29, 0.717) is 11.3 Å². The number of nitro groups is 1. The number of hydrogen-bond acceptors (Lipinski definition) is 4. The molecule has 0 aromatic heterocycles. The molecule has 0 fully saturated rings. The van der Waals surface area contributed by atoms with Crippen molar-refractivity contribution in [3.8, 4) is 5.75 Å². The minimum atomic E-state index is -0.901. The zero-order chi connectivity index (χ0) is 20.8. The first-order valence-electron chi connectivity index (χ1n) is 8.78. The van der Waals surface area contributed by atoms with E-state index in [9.17, 15) is 23.7 Å². The summed E-state index contributed by atoms with van der Waals surface area (Å²) in [5.74, 6) is -2.50. The summed E-state index contributed by atoms with van der Waals surface area (Å²) >= 11 is 0. The van der Waals surface area contributed by atoms with Crippen LogP contribution in [0.3, 0.4) is 0 Å². The van der Waals surface area contributed by atoms with Gasteiger partial charge >= 0.3 is 0 Å². The second-order valence-electron chi connectivity index (χ2n) is 7.53. The average molecular weight is 390 g/mol. The summed E-state index contributed by atoms with van der Waals surface area (Å²) in [6.45, 7) is 6.61. The summed E-state index contributed by atoms with van der Waals surface area (Å²) in [5, 5.41) is 11.1. The molecule has 0 aliphatic carbocycles. The first-order valence-corrected chi connectivity index (χ1v) is 8.78. The van der Waals surface area contributed by atoms with Gasteiger partial charge in [0.15, 0.2) is 17.4 Å². The van der Waals surface area contributed by atoms with Gasteiger partial charge in [-0.2, -0.15) is 0 Å². The lowest BCUT2D eigenvalue weighted by atomic mass is 9.86. The van der Waals surface area contributed by atoms with E-state index in [1.807, 2.05) is 0 Å². The number of nitro benzene ring substituents is 1. The summed E-state index contributed by atoms with van der Waals surface area (Å²) in [6, 6.07) is 6.42. The lowest BCUT2D eigenvalue weighted by Gasteiger charge is -2.21. The average Bonchev–Trinajstić information content (AvgIpc) is 2.78. The van der Waals surface area contributed by atoms with Crippen LogP contribution in [0, 0.1) is 21.7 Å². The quantitative estimate of drug-likeness (QED) is 0.557. The molecule has 8 heteroatoms. The van der Waals surface area contributed by atoms with E-state index in [2.05, 4.69) is 0 Å². The van der Waals surface area contributed by atoms with Crippen LogP contribution < -0.4 is 9.64 Å². The van der Waals surface area contributed by atoms with E-state index >= 15 is 0 Å².